The van der Waals surface area contributed by atoms with E-state index < -0.39 is 10.0 Å². The van der Waals surface area contributed by atoms with E-state index in [0.29, 0.717) is 29.0 Å². The first kappa shape index (κ1) is 17.1. The van der Waals surface area contributed by atoms with Crippen molar-refractivity contribution in [2.75, 3.05) is 26.7 Å². The van der Waals surface area contributed by atoms with Gasteiger partial charge in [-0.1, -0.05) is 11.2 Å². The molecule has 136 valence electrons. The normalized spacial score (nSPS) is 25.0. The summed E-state index contributed by atoms with van der Waals surface area (Å²) in [5, 5.41) is 5.71. The number of likely N-dealkylation sites (tertiary alicyclic amines) is 1. The number of thiophene rings is 1. The summed E-state index contributed by atoms with van der Waals surface area (Å²) in [5.74, 6) is 1.33. The Morgan fingerprint density at radius 3 is 2.72 bits per heavy atom. The van der Waals surface area contributed by atoms with Gasteiger partial charge in [-0.25, -0.2) is 8.42 Å². The summed E-state index contributed by atoms with van der Waals surface area (Å²) in [7, 11) is -1.27. The van der Waals surface area contributed by atoms with E-state index in [-0.39, 0.29) is 11.5 Å². The molecule has 2 aromatic rings. The highest BCUT2D eigenvalue weighted by Gasteiger charge is 2.47. The zero-order valence-corrected chi connectivity index (χ0v) is 16.0. The molecule has 4 rings (SSSR count). The molecular formula is C16H22N4O3S2. The lowest BCUT2D eigenvalue weighted by Crippen LogP contribution is -2.43. The highest BCUT2D eigenvalue weighted by atomic mass is 32.2. The molecule has 0 radical (unpaired) electrons. The Kier molecular flexibility index (Phi) is 4.22. The summed E-state index contributed by atoms with van der Waals surface area (Å²) in [6.07, 6.45) is 2.68. The molecule has 2 saturated heterocycles. The minimum atomic E-state index is -3.34. The molecule has 1 atom stereocenters. The molecule has 0 aliphatic carbocycles. The number of piperidine rings is 1. The van der Waals surface area contributed by atoms with Gasteiger partial charge in [0.2, 0.25) is 5.89 Å². The van der Waals surface area contributed by atoms with Crippen molar-refractivity contribution >= 4 is 21.4 Å². The Bertz CT molecular complexity index is 839. The third-order valence-corrected chi connectivity index (χ3v) is 8.72. The molecule has 0 aromatic carbocycles. The number of hydrogen-bond acceptors (Lipinski definition) is 7. The van der Waals surface area contributed by atoms with Crippen LogP contribution in [0.3, 0.4) is 0 Å². The van der Waals surface area contributed by atoms with E-state index >= 15 is 0 Å². The van der Waals surface area contributed by atoms with Gasteiger partial charge in [-0.2, -0.15) is 9.29 Å². The second kappa shape index (κ2) is 6.15. The van der Waals surface area contributed by atoms with Crippen molar-refractivity contribution in [3.63, 3.8) is 0 Å². The third-order valence-electron chi connectivity index (χ3n) is 5.44. The van der Waals surface area contributed by atoms with E-state index in [2.05, 4.69) is 22.1 Å². The van der Waals surface area contributed by atoms with Gasteiger partial charge in [0.1, 0.15) is 4.21 Å². The number of hydrogen-bond donors (Lipinski definition) is 0. The van der Waals surface area contributed by atoms with Gasteiger partial charge in [-0.15, -0.1) is 11.3 Å². The van der Waals surface area contributed by atoms with Gasteiger partial charge in [0, 0.05) is 19.6 Å². The van der Waals surface area contributed by atoms with Crippen molar-refractivity contribution in [3.05, 3.63) is 29.2 Å². The van der Waals surface area contributed by atoms with Crippen molar-refractivity contribution in [1.29, 1.82) is 0 Å². The average Bonchev–Trinajstić information content (AvgIpc) is 3.29. The maximum absolute atomic E-state index is 12.7. The lowest BCUT2D eigenvalue weighted by molar-refractivity contribution is 0.161. The first-order valence-electron chi connectivity index (χ1n) is 8.44. The zero-order valence-electron chi connectivity index (χ0n) is 14.4. The van der Waals surface area contributed by atoms with E-state index in [1.54, 1.807) is 21.8 Å². The van der Waals surface area contributed by atoms with Crippen LogP contribution in [-0.4, -0.2) is 54.4 Å². The van der Waals surface area contributed by atoms with Gasteiger partial charge in [-0.3, -0.25) is 4.90 Å². The van der Waals surface area contributed by atoms with Crippen LogP contribution in [0.15, 0.2) is 26.2 Å². The predicted octanol–water partition coefficient (Wildman–Crippen LogP) is 2.29. The van der Waals surface area contributed by atoms with Crippen LogP contribution >= 0.6 is 11.3 Å². The Morgan fingerprint density at radius 1 is 1.36 bits per heavy atom. The first-order valence-corrected chi connectivity index (χ1v) is 10.8. The number of nitrogens with zero attached hydrogens (tertiary/aromatic N) is 4. The van der Waals surface area contributed by atoms with E-state index in [0.717, 1.165) is 25.8 Å². The van der Waals surface area contributed by atoms with Crippen LogP contribution in [0.2, 0.25) is 0 Å². The van der Waals surface area contributed by atoms with Gasteiger partial charge in [-0.05, 0) is 50.1 Å². The summed E-state index contributed by atoms with van der Waals surface area (Å²) < 4.78 is 32.8. The third kappa shape index (κ3) is 3.03. The Balaban J connectivity index is 1.47. The number of sulfonamides is 1. The minimum Gasteiger partial charge on any atom is -0.338 e. The molecule has 2 aromatic heterocycles. The molecule has 0 bridgehead atoms. The van der Waals surface area contributed by atoms with Crippen molar-refractivity contribution in [3.8, 4) is 0 Å². The summed E-state index contributed by atoms with van der Waals surface area (Å²) >= 11 is 1.28. The van der Waals surface area contributed by atoms with E-state index in [4.69, 9.17) is 4.52 Å². The smallest absolute Gasteiger partial charge is 0.252 e. The molecule has 9 heteroatoms. The maximum atomic E-state index is 12.7. The van der Waals surface area contributed by atoms with Gasteiger partial charge in [0.05, 0.1) is 6.04 Å². The molecule has 4 heterocycles. The molecule has 2 aliphatic rings. The van der Waals surface area contributed by atoms with E-state index in [9.17, 15) is 8.42 Å². The molecule has 0 amide bonds. The number of rotatable bonds is 3. The highest BCUT2D eigenvalue weighted by Crippen LogP contribution is 2.48. The zero-order chi connectivity index (χ0) is 17.7. The standard InChI is InChI=1S/C16H22N4O3S2/c1-12-17-15(23-18-12)13-10-16(11-19(13)2)5-7-20(8-6-16)25(21,22)14-4-3-9-24-14/h3-4,9,13H,5-8,10-11H2,1-2H3. The molecule has 0 N–H and O–H groups in total. The SMILES string of the molecule is Cc1noc(C2CC3(CCN(S(=O)(=O)c4cccs4)CC3)CN2C)n1. The molecule has 1 unspecified atom stereocenters. The lowest BCUT2D eigenvalue weighted by atomic mass is 9.77. The molecule has 0 saturated carbocycles. The van der Waals surface area contributed by atoms with Crippen LogP contribution in [0.1, 0.15) is 37.0 Å². The Morgan fingerprint density at radius 2 is 2.12 bits per heavy atom. The Hall–Kier alpha value is -1.29. The minimum absolute atomic E-state index is 0.127. The molecule has 1 spiro atoms. The average molecular weight is 383 g/mol. The monoisotopic (exact) mass is 382 g/mol. The van der Waals surface area contributed by atoms with E-state index in [1.165, 1.54) is 11.3 Å². The van der Waals surface area contributed by atoms with Gasteiger partial charge in [0.25, 0.3) is 10.0 Å². The number of aromatic nitrogens is 2. The molecule has 7 nitrogen and oxygen atoms in total. The summed E-state index contributed by atoms with van der Waals surface area (Å²) in [6, 6.07) is 3.59. The van der Waals surface area contributed by atoms with Gasteiger partial charge >= 0.3 is 0 Å². The van der Waals surface area contributed by atoms with Crippen molar-refractivity contribution < 1.29 is 12.9 Å². The van der Waals surface area contributed by atoms with Crippen LogP contribution in [0.25, 0.3) is 0 Å². The topological polar surface area (TPSA) is 79.5 Å². The summed E-state index contributed by atoms with van der Waals surface area (Å²) in [4.78, 5) is 6.64. The number of aryl methyl sites for hydroxylation is 1. The van der Waals surface area contributed by atoms with Crippen LogP contribution in [-0.2, 0) is 10.0 Å². The predicted molar refractivity (Wildman–Crippen MR) is 93.8 cm³/mol. The van der Waals surface area contributed by atoms with Crippen LogP contribution in [0, 0.1) is 12.3 Å². The van der Waals surface area contributed by atoms with Crippen molar-refractivity contribution in [1.82, 2.24) is 19.3 Å². The van der Waals surface area contributed by atoms with E-state index in [1.807, 2.05) is 6.92 Å². The maximum Gasteiger partial charge on any atom is 0.252 e. The largest absolute Gasteiger partial charge is 0.338 e. The molecule has 2 aliphatic heterocycles. The second-order valence-corrected chi connectivity index (χ2v) is 10.3. The van der Waals surface area contributed by atoms with Crippen molar-refractivity contribution in [2.24, 2.45) is 5.41 Å². The lowest BCUT2D eigenvalue weighted by Gasteiger charge is -2.38. The van der Waals surface area contributed by atoms with Gasteiger partial charge in [0.15, 0.2) is 5.82 Å². The first-order chi connectivity index (χ1) is 11.9. The van der Waals surface area contributed by atoms with Crippen molar-refractivity contribution in [2.45, 2.75) is 36.4 Å². The molecular weight excluding hydrogens is 360 g/mol. The highest BCUT2D eigenvalue weighted by molar-refractivity contribution is 7.91. The fraction of sp³-hybridized carbons (Fsp3) is 0.625. The van der Waals surface area contributed by atoms with Crippen LogP contribution < -0.4 is 0 Å². The molecule has 2 fully saturated rings. The Labute approximate surface area is 151 Å². The second-order valence-electron chi connectivity index (χ2n) is 7.15. The quantitative estimate of drug-likeness (QED) is 0.810. The van der Waals surface area contributed by atoms with Crippen LogP contribution in [0.4, 0.5) is 0 Å². The summed E-state index contributed by atoms with van der Waals surface area (Å²) in [5.41, 5.74) is 0.128. The fourth-order valence-electron chi connectivity index (χ4n) is 4.09. The fourth-order valence-corrected chi connectivity index (χ4v) is 6.68. The van der Waals surface area contributed by atoms with Crippen LogP contribution in [0.5, 0.6) is 0 Å². The van der Waals surface area contributed by atoms with Gasteiger partial charge < -0.3 is 4.52 Å². The molecule has 25 heavy (non-hydrogen) atoms. The summed E-state index contributed by atoms with van der Waals surface area (Å²) in [6.45, 7) is 3.91.